The van der Waals surface area contributed by atoms with Crippen LogP contribution in [0.5, 0.6) is 0 Å². The van der Waals surface area contributed by atoms with Crippen molar-refractivity contribution in [1.82, 2.24) is 18.0 Å². The first-order valence-corrected chi connectivity index (χ1v) is 5.97. The molecule has 0 atom stereocenters. The van der Waals surface area contributed by atoms with Crippen LogP contribution >= 0.6 is 22.9 Å². The van der Waals surface area contributed by atoms with Gasteiger partial charge in [0.15, 0.2) is 0 Å². The van der Waals surface area contributed by atoms with E-state index in [1.54, 1.807) is 0 Å². The van der Waals surface area contributed by atoms with Gasteiger partial charge in [0.2, 0.25) is 0 Å². The van der Waals surface area contributed by atoms with Gasteiger partial charge in [0.05, 0.1) is 39.7 Å². The number of hydrogen-bond donors (Lipinski definition) is 0. The van der Waals surface area contributed by atoms with Crippen molar-refractivity contribution < 1.29 is 26.3 Å². The van der Waals surface area contributed by atoms with Crippen molar-refractivity contribution in [2.24, 2.45) is 0 Å². The summed E-state index contributed by atoms with van der Waals surface area (Å²) in [5.41, 5.74) is -4.74. The third kappa shape index (κ3) is 3.19. The van der Waals surface area contributed by atoms with Gasteiger partial charge in [0.25, 0.3) is 0 Å². The van der Waals surface area contributed by atoms with Gasteiger partial charge >= 0.3 is 18.0 Å². The number of halogens is 7. The number of tetrazole rings is 1. The van der Waals surface area contributed by atoms with Crippen LogP contribution in [0.2, 0.25) is 0 Å². The average molecular weight is 424 g/mol. The van der Waals surface area contributed by atoms with E-state index < -0.39 is 34.9 Å². The lowest BCUT2D eigenvalue weighted by Gasteiger charge is -2.13. The zero-order valence-corrected chi connectivity index (χ0v) is 11.7. The predicted octanol–water partition coefficient (Wildman–Crippen LogP) is 2.66. The molecule has 0 amide bonds. The summed E-state index contributed by atoms with van der Waals surface area (Å²) in [6, 6.07) is 0.743. The Kier molecular flexibility index (Phi) is 3.75. The molecule has 12 heteroatoms. The maximum absolute atomic E-state index is 12.7. The highest BCUT2D eigenvalue weighted by Gasteiger charge is 2.37. The van der Waals surface area contributed by atoms with Crippen LogP contribution in [-0.2, 0) is 12.4 Å². The molecule has 2 rings (SSSR count). The van der Waals surface area contributed by atoms with Gasteiger partial charge in [-0.25, -0.2) is 4.79 Å². The minimum absolute atomic E-state index is 0.0387. The molecule has 2 aromatic rings. The molecule has 1 aromatic carbocycles. The SMILES string of the molecule is O=c1n(I)nnn1-c1cc(C(F)(F)F)cc(C(F)(F)F)c1. The molecule has 5 nitrogen and oxygen atoms in total. The Morgan fingerprint density at radius 3 is 1.71 bits per heavy atom. The van der Waals surface area contributed by atoms with Crippen molar-refractivity contribution >= 4 is 22.9 Å². The average Bonchev–Trinajstić information content (AvgIpc) is 2.67. The van der Waals surface area contributed by atoms with Crippen molar-refractivity contribution in [3.05, 3.63) is 39.8 Å². The molecule has 0 saturated carbocycles. The molecule has 0 N–H and O–H groups in total. The van der Waals surface area contributed by atoms with E-state index >= 15 is 0 Å². The van der Waals surface area contributed by atoms with Crippen molar-refractivity contribution in [2.75, 3.05) is 0 Å². The molecule has 0 bridgehead atoms. The van der Waals surface area contributed by atoms with E-state index in [4.69, 9.17) is 0 Å². The van der Waals surface area contributed by atoms with E-state index in [-0.39, 0.29) is 6.07 Å². The second-order valence-corrected chi connectivity index (χ2v) is 4.71. The summed E-state index contributed by atoms with van der Waals surface area (Å²) >= 11 is 1.39. The van der Waals surface area contributed by atoms with Crippen LogP contribution in [0, 0.1) is 0 Å². The van der Waals surface area contributed by atoms with Crippen LogP contribution in [0.3, 0.4) is 0 Å². The monoisotopic (exact) mass is 424 g/mol. The second-order valence-electron chi connectivity index (χ2n) is 3.80. The van der Waals surface area contributed by atoms with Crippen molar-refractivity contribution in [3.63, 3.8) is 0 Å². The highest BCUT2D eigenvalue weighted by molar-refractivity contribution is 14.1. The van der Waals surface area contributed by atoms with Crippen molar-refractivity contribution in [1.29, 1.82) is 0 Å². The number of alkyl halides is 6. The fraction of sp³-hybridized carbons (Fsp3) is 0.222. The lowest BCUT2D eigenvalue weighted by Crippen LogP contribution is -2.21. The minimum Gasteiger partial charge on any atom is -0.243 e. The third-order valence-electron chi connectivity index (χ3n) is 2.36. The van der Waals surface area contributed by atoms with E-state index in [1.165, 1.54) is 22.9 Å². The van der Waals surface area contributed by atoms with Gasteiger partial charge in [-0.2, -0.15) is 31.0 Å². The number of nitrogens with zero attached hydrogens (tertiary/aromatic N) is 4. The highest BCUT2D eigenvalue weighted by atomic mass is 127. The molecule has 1 aromatic heterocycles. The number of hydrogen-bond acceptors (Lipinski definition) is 3. The van der Waals surface area contributed by atoms with Crippen LogP contribution in [-0.4, -0.2) is 18.0 Å². The quantitative estimate of drug-likeness (QED) is 0.523. The lowest BCUT2D eigenvalue weighted by molar-refractivity contribution is -0.143. The summed E-state index contributed by atoms with van der Waals surface area (Å²) in [6.07, 6.45) is -10.0. The fourth-order valence-electron chi connectivity index (χ4n) is 1.45. The third-order valence-corrected chi connectivity index (χ3v) is 2.97. The van der Waals surface area contributed by atoms with Gasteiger partial charge in [0.1, 0.15) is 0 Å². The van der Waals surface area contributed by atoms with E-state index in [0.29, 0.717) is 19.7 Å². The molecule has 0 fully saturated rings. The van der Waals surface area contributed by atoms with E-state index in [1.807, 2.05) is 0 Å². The molecular formula is C9H3F6IN4O. The van der Waals surface area contributed by atoms with Gasteiger partial charge in [0, 0.05) is 0 Å². The molecular weight excluding hydrogens is 421 g/mol. The first kappa shape index (κ1) is 15.8. The maximum atomic E-state index is 12.7. The molecule has 0 aliphatic rings. The number of benzene rings is 1. The Labute approximate surface area is 125 Å². The molecule has 0 radical (unpaired) electrons. The lowest BCUT2D eigenvalue weighted by atomic mass is 10.1. The van der Waals surface area contributed by atoms with Gasteiger partial charge < -0.3 is 0 Å². The predicted molar refractivity (Wildman–Crippen MR) is 65.0 cm³/mol. The highest BCUT2D eigenvalue weighted by Crippen LogP contribution is 2.36. The van der Waals surface area contributed by atoms with E-state index in [0.717, 1.165) is 0 Å². The fourth-order valence-corrected chi connectivity index (χ4v) is 1.74. The molecule has 0 aliphatic heterocycles. The summed E-state index contributed by atoms with van der Waals surface area (Å²) in [5, 5.41) is 6.42. The molecule has 0 saturated heterocycles. The summed E-state index contributed by atoms with van der Waals surface area (Å²) in [5.74, 6) is 0. The summed E-state index contributed by atoms with van der Waals surface area (Å²) in [4.78, 5) is 11.5. The number of aromatic nitrogens is 4. The Bertz CT molecular complexity index is 699. The topological polar surface area (TPSA) is 52.7 Å². The van der Waals surface area contributed by atoms with Gasteiger partial charge in [-0.3, -0.25) is 0 Å². The first-order valence-electron chi connectivity index (χ1n) is 5.01. The van der Waals surface area contributed by atoms with E-state index in [2.05, 4.69) is 10.4 Å². The molecule has 0 spiro atoms. The van der Waals surface area contributed by atoms with Crippen LogP contribution in [0.25, 0.3) is 5.69 Å². The summed E-state index contributed by atoms with van der Waals surface area (Å²) in [6.45, 7) is 0. The Balaban J connectivity index is 2.72. The largest absolute Gasteiger partial charge is 0.416 e. The van der Waals surface area contributed by atoms with Crippen LogP contribution in [0.4, 0.5) is 26.3 Å². The smallest absolute Gasteiger partial charge is 0.243 e. The van der Waals surface area contributed by atoms with Gasteiger partial charge in [-0.05, 0) is 28.6 Å². The molecule has 21 heavy (non-hydrogen) atoms. The van der Waals surface area contributed by atoms with Crippen molar-refractivity contribution in [2.45, 2.75) is 12.4 Å². The summed E-state index contributed by atoms with van der Waals surface area (Å²) in [7, 11) is 0. The zero-order chi connectivity index (χ0) is 16.0. The van der Waals surface area contributed by atoms with E-state index in [9.17, 15) is 31.1 Å². The zero-order valence-electron chi connectivity index (χ0n) is 9.57. The molecule has 114 valence electrons. The molecule has 0 unspecified atom stereocenters. The Morgan fingerprint density at radius 2 is 1.38 bits per heavy atom. The first-order chi connectivity index (χ1) is 9.50. The minimum atomic E-state index is -5.00. The molecule has 1 heterocycles. The Hall–Kier alpha value is -1.60. The standard InChI is InChI=1S/C9H3F6IN4O/c10-8(11,12)4-1-5(9(13,14)15)3-6(2-4)19-7(21)20(16)18-17-19/h1-3H. The van der Waals surface area contributed by atoms with Gasteiger partial charge in [-0.1, -0.05) is 0 Å². The summed E-state index contributed by atoms with van der Waals surface area (Å²) < 4.78 is 76.9. The normalized spacial score (nSPS) is 12.7. The second kappa shape index (κ2) is 4.99. The number of rotatable bonds is 1. The Morgan fingerprint density at radius 1 is 0.905 bits per heavy atom. The molecule has 0 aliphatic carbocycles. The maximum Gasteiger partial charge on any atom is 0.416 e. The van der Waals surface area contributed by atoms with Gasteiger partial charge in [-0.15, -0.1) is 2.90 Å². The van der Waals surface area contributed by atoms with Crippen molar-refractivity contribution in [3.8, 4) is 5.69 Å². The van der Waals surface area contributed by atoms with Crippen LogP contribution in [0.1, 0.15) is 11.1 Å². The van der Waals surface area contributed by atoms with Crippen LogP contribution < -0.4 is 5.69 Å². The van der Waals surface area contributed by atoms with Crippen LogP contribution in [0.15, 0.2) is 23.0 Å².